The molecule has 9 heteroatoms. The third-order valence-corrected chi connectivity index (χ3v) is 4.71. The first-order valence-electron chi connectivity index (χ1n) is 9.36. The number of benzene rings is 1. The molecule has 0 saturated carbocycles. The number of Topliss-reactive ketones (excluding diaryl/α,β-unsaturated/α-hetero) is 1. The summed E-state index contributed by atoms with van der Waals surface area (Å²) >= 11 is 0. The Hall–Kier alpha value is -3.20. The largest absolute Gasteiger partial charge is 0.493 e. The molecule has 2 heterocycles. The molecule has 1 aliphatic rings. The van der Waals surface area contributed by atoms with Crippen LogP contribution in [-0.2, 0) is 4.74 Å². The quantitative estimate of drug-likeness (QED) is 0.504. The number of nitrogens with zero attached hydrogens (tertiary/aromatic N) is 2. The molecule has 0 spiro atoms. The highest BCUT2D eigenvalue weighted by Gasteiger charge is 2.28. The molecule has 3 rings (SSSR count). The van der Waals surface area contributed by atoms with Gasteiger partial charge in [-0.1, -0.05) is 0 Å². The van der Waals surface area contributed by atoms with Crippen LogP contribution in [0, 0.1) is 5.95 Å². The molecule has 160 valence electrons. The van der Waals surface area contributed by atoms with Gasteiger partial charge in [0, 0.05) is 12.7 Å². The Labute approximate surface area is 173 Å². The summed E-state index contributed by atoms with van der Waals surface area (Å²) in [5.41, 5.74) is 0.251. The van der Waals surface area contributed by atoms with E-state index in [4.69, 9.17) is 18.9 Å². The van der Waals surface area contributed by atoms with Crippen LogP contribution in [0.2, 0.25) is 0 Å². The Morgan fingerprint density at radius 2 is 2.00 bits per heavy atom. The topological polar surface area (TPSA) is 87.2 Å². The van der Waals surface area contributed by atoms with Crippen molar-refractivity contribution in [1.29, 1.82) is 0 Å². The van der Waals surface area contributed by atoms with Gasteiger partial charge in [0.1, 0.15) is 12.7 Å². The third kappa shape index (κ3) is 4.51. The summed E-state index contributed by atoms with van der Waals surface area (Å²) in [4.78, 5) is 29.7. The second-order valence-corrected chi connectivity index (χ2v) is 6.63. The molecule has 1 unspecified atom stereocenters. The van der Waals surface area contributed by atoms with E-state index in [9.17, 15) is 14.0 Å². The van der Waals surface area contributed by atoms with Crippen LogP contribution < -0.4 is 14.2 Å². The molecule has 1 aliphatic heterocycles. The first-order valence-corrected chi connectivity index (χ1v) is 9.36. The summed E-state index contributed by atoms with van der Waals surface area (Å²) in [6.45, 7) is 2.29. The highest BCUT2D eigenvalue weighted by Crippen LogP contribution is 2.40. The zero-order chi connectivity index (χ0) is 21.7. The Kier molecular flexibility index (Phi) is 6.83. The first kappa shape index (κ1) is 21.5. The molecule has 1 aromatic carbocycles. The average molecular weight is 418 g/mol. The molecule has 0 bridgehead atoms. The van der Waals surface area contributed by atoms with E-state index in [2.05, 4.69) is 4.98 Å². The van der Waals surface area contributed by atoms with E-state index in [0.717, 1.165) is 0 Å². The Bertz CT molecular complexity index is 936. The van der Waals surface area contributed by atoms with Crippen LogP contribution in [-0.4, -0.2) is 68.2 Å². The lowest BCUT2D eigenvalue weighted by Gasteiger charge is -2.33. The second kappa shape index (κ2) is 9.53. The van der Waals surface area contributed by atoms with E-state index in [1.54, 1.807) is 12.1 Å². The minimum Gasteiger partial charge on any atom is -0.493 e. The maximum absolute atomic E-state index is 13.9. The molecule has 1 saturated heterocycles. The fourth-order valence-electron chi connectivity index (χ4n) is 3.22. The Morgan fingerprint density at radius 3 is 2.67 bits per heavy atom. The van der Waals surface area contributed by atoms with Gasteiger partial charge >= 0.3 is 0 Å². The molecule has 1 atom stereocenters. The van der Waals surface area contributed by atoms with Gasteiger partial charge in [0.2, 0.25) is 11.7 Å². The molecule has 30 heavy (non-hydrogen) atoms. The SMILES string of the molecule is COc1ccc(C(C)=O)c(OCC2CN(C(=O)c3cccnc3F)CCO2)c1OC. The number of rotatable bonds is 7. The number of amides is 1. The van der Waals surface area contributed by atoms with Gasteiger partial charge in [0.15, 0.2) is 17.3 Å². The van der Waals surface area contributed by atoms with Crippen LogP contribution in [0.4, 0.5) is 4.39 Å². The van der Waals surface area contributed by atoms with Crippen LogP contribution in [0.25, 0.3) is 0 Å². The number of hydrogen-bond donors (Lipinski definition) is 0. The molecule has 0 N–H and O–H groups in total. The van der Waals surface area contributed by atoms with Crippen molar-refractivity contribution in [3.05, 3.63) is 47.5 Å². The molecule has 1 aromatic heterocycles. The van der Waals surface area contributed by atoms with Gasteiger partial charge in [-0.05, 0) is 31.2 Å². The van der Waals surface area contributed by atoms with Crippen molar-refractivity contribution in [2.24, 2.45) is 0 Å². The number of halogens is 1. The average Bonchev–Trinajstić information content (AvgIpc) is 2.76. The van der Waals surface area contributed by atoms with Gasteiger partial charge < -0.3 is 23.8 Å². The van der Waals surface area contributed by atoms with Gasteiger partial charge in [-0.25, -0.2) is 4.98 Å². The summed E-state index contributed by atoms with van der Waals surface area (Å²) in [6.07, 6.45) is 0.814. The molecule has 1 amide bonds. The highest BCUT2D eigenvalue weighted by molar-refractivity contribution is 5.98. The predicted octanol–water partition coefficient (Wildman–Crippen LogP) is 2.36. The fraction of sp³-hybridized carbons (Fsp3) is 0.381. The number of methoxy groups -OCH3 is 2. The van der Waals surface area contributed by atoms with Gasteiger partial charge in [-0.3, -0.25) is 9.59 Å². The molecule has 0 aliphatic carbocycles. The van der Waals surface area contributed by atoms with Crippen molar-refractivity contribution in [1.82, 2.24) is 9.88 Å². The number of aromatic nitrogens is 1. The van der Waals surface area contributed by atoms with Crippen molar-refractivity contribution in [3.63, 3.8) is 0 Å². The maximum atomic E-state index is 13.9. The molecule has 8 nitrogen and oxygen atoms in total. The van der Waals surface area contributed by atoms with Crippen LogP contribution in [0.15, 0.2) is 30.5 Å². The lowest BCUT2D eigenvalue weighted by molar-refractivity contribution is -0.0406. The van der Waals surface area contributed by atoms with E-state index < -0.39 is 18.0 Å². The van der Waals surface area contributed by atoms with Crippen molar-refractivity contribution in [3.8, 4) is 17.2 Å². The van der Waals surface area contributed by atoms with E-state index in [1.807, 2.05) is 0 Å². The monoisotopic (exact) mass is 418 g/mol. The molecular formula is C21H23FN2O6. The summed E-state index contributed by atoms with van der Waals surface area (Å²) < 4.78 is 36.1. The number of carbonyl (C=O) groups excluding carboxylic acids is 2. The normalized spacial score (nSPS) is 16.1. The zero-order valence-electron chi connectivity index (χ0n) is 17.0. The van der Waals surface area contributed by atoms with Crippen molar-refractivity contribution in [2.45, 2.75) is 13.0 Å². The summed E-state index contributed by atoms with van der Waals surface area (Å²) in [7, 11) is 2.94. The van der Waals surface area contributed by atoms with E-state index >= 15 is 0 Å². The van der Waals surface area contributed by atoms with Crippen molar-refractivity contribution >= 4 is 11.7 Å². The minimum absolute atomic E-state index is 0.0586. The summed E-state index contributed by atoms with van der Waals surface area (Å²) in [6, 6.07) is 6.13. The first-order chi connectivity index (χ1) is 14.5. The summed E-state index contributed by atoms with van der Waals surface area (Å²) in [5.74, 6) is -0.502. The van der Waals surface area contributed by atoms with E-state index in [1.165, 1.54) is 44.4 Å². The zero-order valence-corrected chi connectivity index (χ0v) is 17.0. The molecule has 0 radical (unpaired) electrons. The number of ether oxygens (including phenoxy) is 4. The van der Waals surface area contributed by atoms with Crippen LogP contribution in [0.3, 0.4) is 0 Å². The Balaban J connectivity index is 1.74. The molecular weight excluding hydrogens is 395 g/mol. The van der Waals surface area contributed by atoms with Crippen LogP contribution in [0.1, 0.15) is 27.6 Å². The van der Waals surface area contributed by atoms with E-state index in [-0.39, 0.29) is 36.9 Å². The summed E-state index contributed by atoms with van der Waals surface area (Å²) in [5, 5.41) is 0. The van der Waals surface area contributed by atoms with E-state index in [0.29, 0.717) is 23.6 Å². The van der Waals surface area contributed by atoms with Gasteiger partial charge in [-0.2, -0.15) is 4.39 Å². The number of ketones is 1. The van der Waals surface area contributed by atoms with Gasteiger partial charge in [-0.15, -0.1) is 0 Å². The second-order valence-electron chi connectivity index (χ2n) is 6.63. The lowest BCUT2D eigenvalue weighted by atomic mass is 10.1. The lowest BCUT2D eigenvalue weighted by Crippen LogP contribution is -2.47. The van der Waals surface area contributed by atoms with Crippen LogP contribution >= 0.6 is 0 Å². The molecule has 2 aromatic rings. The van der Waals surface area contributed by atoms with Crippen molar-refractivity contribution in [2.75, 3.05) is 40.5 Å². The smallest absolute Gasteiger partial charge is 0.258 e. The Morgan fingerprint density at radius 1 is 1.20 bits per heavy atom. The number of hydrogen-bond acceptors (Lipinski definition) is 7. The maximum Gasteiger partial charge on any atom is 0.258 e. The third-order valence-electron chi connectivity index (χ3n) is 4.71. The minimum atomic E-state index is -0.811. The van der Waals surface area contributed by atoms with Gasteiger partial charge in [0.25, 0.3) is 5.91 Å². The fourth-order valence-corrected chi connectivity index (χ4v) is 3.22. The predicted molar refractivity (Wildman–Crippen MR) is 105 cm³/mol. The highest BCUT2D eigenvalue weighted by atomic mass is 19.1. The number of carbonyl (C=O) groups is 2. The van der Waals surface area contributed by atoms with Gasteiger partial charge in [0.05, 0.1) is 38.5 Å². The number of morpholine rings is 1. The van der Waals surface area contributed by atoms with Crippen molar-refractivity contribution < 1.29 is 32.9 Å². The standard InChI is InChI=1S/C21H23FN2O6/c1-13(25)15-6-7-17(27-2)19(28-3)18(15)30-12-14-11-24(9-10-29-14)21(26)16-5-4-8-23-20(16)22/h4-8,14H,9-12H2,1-3H3. The number of pyridine rings is 1. The van der Waals surface area contributed by atoms with Crippen LogP contribution in [0.5, 0.6) is 17.2 Å². The molecule has 1 fully saturated rings.